The zero-order valence-corrected chi connectivity index (χ0v) is 20.4. The summed E-state index contributed by atoms with van der Waals surface area (Å²) in [5.74, 6) is 2.51. The van der Waals surface area contributed by atoms with Gasteiger partial charge in [-0.2, -0.15) is 4.52 Å². The highest BCUT2D eigenvalue weighted by Gasteiger charge is 2.14. The smallest absolute Gasteiger partial charge is 0.258 e. The van der Waals surface area contributed by atoms with Crippen LogP contribution in [-0.4, -0.2) is 59.7 Å². The molecule has 0 saturated heterocycles. The van der Waals surface area contributed by atoms with Crippen LogP contribution in [0.5, 0.6) is 23.1 Å². The van der Waals surface area contributed by atoms with Gasteiger partial charge in [-0.3, -0.25) is 4.79 Å². The Kier molecular flexibility index (Phi) is 6.98. The molecule has 5 rings (SSSR count). The zero-order valence-electron chi connectivity index (χ0n) is 20.4. The van der Waals surface area contributed by atoms with Crippen molar-refractivity contribution in [2.75, 3.05) is 34.0 Å². The van der Waals surface area contributed by atoms with Gasteiger partial charge in [0.25, 0.3) is 5.91 Å². The van der Waals surface area contributed by atoms with Gasteiger partial charge in [-0.15, -0.1) is 15.3 Å². The van der Waals surface area contributed by atoms with E-state index in [1.165, 1.54) is 0 Å². The maximum Gasteiger partial charge on any atom is 0.258 e. The van der Waals surface area contributed by atoms with Crippen molar-refractivity contribution in [2.45, 2.75) is 0 Å². The summed E-state index contributed by atoms with van der Waals surface area (Å²) in [6, 6.07) is 22.5. The van der Waals surface area contributed by atoms with E-state index in [9.17, 15) is 4.79 Å². The van der Waals surface area contributed by atoms with E-state index in [1.807, 2.05) is 48.5 Å². The third-order valence-electron chi connectivity index (χ3n) is 5.66. The average molecular weight is 500 g/mol. The summed E-state index contributed by atoms with van der Waals surface area (Å²) in [5.41, 5.74) is 1.32. The van der Waals surface area contributed by atoms with Crippen molar-refractivity contribution in [1.82, 2.24) is 25.1 Å². The fraction of sp³-hybridized carbons (Fsp3) is 0.185. The third kappa shape index (κ3) is 5.22. The lowest BCUT2D eigenvalue weighted by atomic mass is 10.1. The van der Waals surface area contributed by atoms with Crippen LogP contribution in [0.15, 0.2) is 72.8 Å². The molecular formula is C27H25N5O5. The Hall–Kier alpha value is -4.86. The first-order chi connectivity index (χ1) is 18.2. The van der Waals surface area contributed by atoms with Gasteiger partial charge in [-0.1, -0.05) is 36.4 Å². The summed E-state index contributed by atoms with van der Waals surface area (Å²) in [5, 5.41) is 17.7. The van der Waals surface area contributed by atoms with Crippen molar-refractivity contribution in [2.24, 2.45) is 0 Å². The molecule has 0 aliphatic heterocycles. The number of rotatable bonds is 10. The van der Waals surface area contributed by atoms with Gasteiger partial charge in [0.05, 0.1) is 20.8 Å². The fourth-order valence-electron chi connectivity index (χ4n) is 3.87. The van der Waals surface area contributed by atoms with E-state index in [0.717, 1.165) is 16.3 Å². The van der Waals surface area contributed by atoms with Gasteiger partial charge < -0.3 is 24.3 Å². The maximum atomic E-state index is 12.3. The first-order valence-electron chi connectivity index (χ1n) is 11.6. The van der Waals surface area contributed by atoms with Crippen molar-refractivity contribution in [1.29, 1.82) is 0 Å². The van der Waals surface area contributed by atoms with Crippen molar-refractivity contribution in [3.8, 4) is 34.5 Å². The van der Waals surface area contributed by atoms with E-state index < -0.39 is 0 Å². The van der Waals surface area contributed by atoms with Crippen LogP contribution in [-0.2, 0) is 4.79 Å². The van der Waals surface area contributed by atoms with E-state index in [0.29, 0.717) is 41.1 Å². The molecule has 1 N–H and O–H groups in total. The summed E-state index contributed by atoms with van der Waals surface area (Å²) in [6.45, 7) is 0.433. The molecule has 0 aliphatic carbocycles. The van der Waals surface area contributed by atoms with E-state index in [4.69, 9.17) is 18.9 Å². The molecule has 2 heterocycles. The first-order valence-corrected chi connectivity index (χ1v) is 11.6. The molecule has 188 valence electrons. The summed E-state index contributed by atoms with van der Waals surface area (Å²) >= 11 is 0. The number of nitrogens with zero attached hydrogens (tertiary/aromatic N) is 4. The summed E-state index contributed by atoms with van der Waals surface area (Å²) in [4.78, 5) is 12.3. The van der Waals surface area contributed by atoms with Crippen LogP contribution in [0.1, 0.15) is 0 Å². The van der Waals surface area contributed by atoms with Gasteiger partial charge in [0.1, 0.15) is 12.4 Å². The lowest BCUT2D eigenvalue weighted by Crippen LogP contribution is -2.32. The normalized spacial score (nSPS) is 10.9. The summed E-state index contributed by atoms with van der Waals surface area (Å²) in [6.07, 6.45) is 0. The number of hydrogen-bond acceptors (Lipinski definition) is 8. The Labute approximate surface area is 212 Å². The minimum Gasteiger partial charge on any atom is -0.493 e. The molecule has 3 aromatic carbocycles. The van der Waals surface area contributed by atoms with Crippen LogP contribution < -0.4 is 24.3 Å². The van der Waals surface area contributed by atoms with E-state index in [-0.39, 0.29) is 19.1 Å². The van der Waals surface area contributed by atoms with Crippen LogP contribution in [0, 0.1) is 0 Å². The van der Waals surface area contributed by atoms with Crippen LogP contribution >= 0.6 is 0 Å². The number of benzene rings is 3. The Bertz CT molecular complexity index is 1550. The molecule has 0 spiro atoms. The molecule has 10 nitrogen and oxygen atoms in total. The van der Waals surface area contributed by atoms with Gasteiger partial charge in [-0.25, -0.2) is 0 Å². The number of carbonyl (C=O) groups is 1. The van der Waals surface area contributed by atoms with Crippen LogP contribution in [0.3, 0.4) is 0 Å². The Morgan fingerprint density at radius 1 is 0.865 bits per heavy atom. The molecule has 1 amide bonds. The molecule has 0 unspecified atom stereocenters. The molecule has 0 aliphatic rings. The van der Waals surface area contributed by atoms with Crippen LogP contribution in [0.25, 0.3) is 27.8 Å². The predicted octanol–water partition coefficient (Wildman–Crippen LogP) is 3.54. The predicted molar refractivity (Wildman–Crippen MR) is 137 cm³/mol. The van der Waals surface area contributed by atoms with Gasteiger partial charge in [0, 0.05) is 17.0 Å². The monoisotopic (exact) mass is 499 g/mol. The number of amides is 1. The number of fused-ring (bicyclic) bond motifs is 2. The van der Waals surface area contributed by atoms with Crippen molar-refractivity contribution in [3.05, 3.63) is 72.8 Å². The van der Waals surface area contributed by atoms with Gasteiger partial charge in [0.15, 0.2) is 29.6 Å². The summed E-state index contributed by atoms with van der Waals surface area (Å²) in [7, 11) is 3.15. The highest BCUT2D eigenvalue weighted by Crippen LogP contribution is 2.31. The van der Waals surface area contributed by atoms with Crippen LogP contribution in [0.2, 0.25) is 0 Å². The van der Waals surface area contributed by atoms with E-state index in [1.54, 1.807) is 43.0 Å². The molecule has 0 radical (unpaired) electrons. The minimum absolute atomic E-state index is 0.0897. The Morgan fingerprint density at radius 2 is 1.70 bits per heavy atom. The molecule has 37 heavy (non-hydrogen) atoms. The van der Waals surface area contributed by atoms with Gasteiger partial charge in [-0.05, 0) is 35.7 Å². The van der Waals surface area contributed by atoms with Crippen molar-refractivity contribution < 1.29 is 23.7 Å². The van der Waals surface area contributed by atoms with Crippen LogP contribution in [0.4, 0.5) is 0 Å². The Morgan fingerprint density at radius 3 is 2.57 bits per heavy atom. The largest absolute Gasteiger partial charge is 0.493 e. The number of methoxy groups -OCH3 is 2. The molecule has 0 bridgehead atoms. The number of aromatic nitrogens is 4. The Balaban J connectivity index is 1.17. The average Bonchev–Trinajstić information content (AvgIpc) is 3.37. The number of ether oxygens (including phenoxy) is 4. The number of carbonyl (C=O) groups excluding carboxylic acids is 1. The number of hydrogen-bond donors (Lipinski definition) is 1. The molecular weight excluding hydrogens is 474 g/mol. The molecule has 5 aromatic rings. The molecule has 0 atom stereocenters. The zero-order chi connectivity index (χ0) is 25.6. The summed E-state index contributed by atoms with van der Waals surface area (Å²) < 4.78 is 23.7. The molecule has 2 aromatic heterocycles. The highest BCUT2D eigenvalue weighted by atomic mass is 16.5. The van der Waals surface area contributed by atoms with Gasteiger partial charge >= 0.3 is 0 Å². The first kappa shape index (κ1) is 23.9. The van der Waals surface area contributed by atoms with Gasteiger partial charge in [0.2, 0.25) is 5.88 Å². The lowest BCUT2D eigenvalue weighted by Gasteiger charge is -2.10. The van der Waals surface area contributed by atoms with E-state index >= 15 is 0 Å². The maximum absolute atomic E-state index is 12.3. The quantitative estimate of drug-likeness (QED) is 0.291. The second kappa shape index (κ2) is 10.8. The molecule has 0 saturated carbocycles. The van der Waals surface area contributed by atoms with E-state index in [2.05, 4.69) is 20.6 Å². The second-order valence-electron chi connectivity index (χ2n) is 8.00. The second-order valence-corrected chi connectivity index (χ2v) is 8.00. The molecule has 10 heteroatoms. The topological polar surface area (TPSA) is 109 Å². The minimum atomic E-state index is -0.241. The SMILES string of the molecule is COc1ccc(-c2nnc3ccc(OCCNC(=O)COc4cccc5ccccc45)nn23)cc1OC. The standard InChI is InChI=1S/C27H25N5O5/c1-34-22-11-10-19(16-23(22)35-2)27-30-29-24-12-13-26(31-32(24)27)36-15-14-28-25(33)17-37-21-9-5-7-18-6-3-4-8-20(18)21/h3-13,16H,14-15,17H2,1-2H3,(H,28,33). The number of nitrogens with one attached hydrogen (secondary N) is 1. The third-order valence-corrected chi connectivity index (χ3v) is 5.66. The molecule has 0 fully saturated rings. The fourth-order valence-corrected chi connectivity index (χ4v) is 3.87. The lowest BCUT2D eigenvalue weighted by molar-refractivity contribution is -0.123. The highest BCUT2D eigenvalue weighted by molar-refractivity contribution is 5.88. The van der Waals surface area contributed by atoms with Crippen molar-refractivity contribution >= 4 is 22.3 Å². The van der Waals surface area contributed by atoms with Crippen molar-refractivity contribution in [3.63, 3.8) is 0 Å².